The smallest absolute Gasteiger partial charge is 0.125 e. The summed E-state index contributed by atoms with van der Waals surface area (Å²) in [6.45, 7) is 2.78. The van der Waals surface area contributed by atoms with E-state index in [-0.39, 0.29) is 6.04 Å². The molecule has 0 saturated heterocycles. The Morgan fingerprint density at radius 2 is 2.00 bits per heavy atom. The molecule has 0 aliphatic carbocycles. The quantitative estimate of drug-likeness (QED) is 0.781. The number of aryl methyl sites for hydroxylation is 2. The fraction of sp³-hybridized carbons (Fsp3) is 0.235. The van der Waals surface area contributed by atoms with E-state index < -0.39 is 0 Å². The van der Waals surface area contributed by atoms with E-state index in [0.717, 1.165) is 18.0 Å². The normalized spacial score (nSPS) is 12.5. The molecule has 2 aromatic heterocycles. The fourth-order valence-corrected chi connectivity index (χ4v) is 2.52. The van der Waals surface area contributed by atoms with Crippen LogP contribution in [0, 0.1) is 6.92 Å². The van der Waals surface area contributed by atoms with Crippen molar-refractivity contribution in [2.45, 2.75) is 19.5 Å². The zero-order chi connectivity index (χ0) is 14.7. The lowest BCUT2D eigenvalue weighted by Crippen LogP contribution is -2.21. The van der Waals surface area contributed by atoms with E-state index in [0.29, 0.717) is 0 Å². The number of benzene rings is 1. The second kappa shape index (κ2) is 5.97. The molecule has 0 aliphatic rings. The van der Waals surface area contributed by atoms with Crippen LogP contribution in [-0.4, -0.2) is 9.78 Å². The van der Waals surface area contributed by atoms with Gasteiger partial charge in [0, 0.05) is 25.4 Å². The van der Waals surface area contributed by atoms with Crippen LogP contribution in [0.2, 0.25) is 0 Å². The van der Waals surface area contributed by atoms with Crippen LogP contribution in [0.5, 0.6) is 0 Å². The molecule has 0 amide bonds. The summed E-state index contributed by atoms with van der Waals surface area (Å²) in [6, 6.07) is 14.3. The molecule has 0 aliphatic heterocycles. The van der Waals surface area contributed by atoms with Gasteiger partial charge in [0.25, 0.3) is 0 Å². The maximum atomic E-state index is 5.59. The first-order valence-electron chi connectivity index (χ1n) is 7.05. The van der Waals surface area contributed by atoms with Gasteiger partial charge in [-0.25, -0.2) is 0 Å². The third-order valence-electron chi connectivity index (χ3n) is 3.57. The van der Waals surface area contributed by atoms with E-state index in [4.69, 9.17) is 4.42 Å². The molecule has 3 aromatic rings. The highest BCUT2D eigenvalue weighted by atomic mass is 16.3. The molecular formula is C17H19N3O. The van der Waals surface area contributed by atoms with Crippen LogP contribution < -0.4 is 5.32 Å². The molecular weight excluding hydrogens is 262 g/mol. The van der Waals surface area contributed by atoms with E-state index in [9.17, 15) is 0 Å². The predicted octanol–water partition coefficient (Wildman–Crippen LogP) is 3.20. The number of aromatic nitrogens is 2. The fourth-order valence-electron chi connectivity index (χ4n) is 2.52. The van der Waals surface area contributed by atoms with Gasteiger partial charge in [0.2, 0.25) is 0 Å². The van der Waals surface area contributed by atoms with Crippen LogP contribution in [0.1, 0.15) is 28.6 Å². The number of hydrogen-bond acceptors (Lipinski definition) is 3. The Morgan fingerprint density at radius 1 is 1.19 bits per heavy atom. The van der Waals surface area contributed by atoms with Crippen molar-refractivity contribution in [2.75, 3.05) is 0 Å². The van der Waals surface area contributed by atoms with Crippen LogP contribution in [0.3, 0.4) is 0 Å². The van der Waals surface area contributed by atoms with Crippen molar-refractivity contribution in [1.82, 2.24) is 15.1 Å². The summed E-state index contributed by atoms with van der Waals surface area (Å²) >= 11 is 0. The summed E-state index contributed by atoms with van der Waals surface area (Å²) in [5.74, 6) is 0.919. The number of hydrogen-bond donors (Lipinski definition) is 1. The lowest BCUT2D eigenvalue weighted by atomic mass is 10.0. The summed E-state index contributed by atoms with van der Waals surface area (Å²) in [7, 11) is 1.94. The molecule has 0 radical (unpaired) electrons. The lowest BCUT2D eigenvalue weighted by Gasteiger charge is -2.17. The predicted molar refractivity (Wildman–Crippen MR) is 81.8 cm³/mol. The number of nitrogens with zero attached hydrogens (tertiary/aromatic N) is 2. The Balaban J connectivity index is 1.82. The summed E-state index contributed by atoms with van der Waals surface area (Å²) in [5, 5.41) is 7.94. The molecule has 4 nitrogen and oxygen atoms in total. The molecule has 0 saturated carbocycles. The monoisotopic (exact) mass is 281 g/mol. The molecule has 0 spiro atoms. The summed E-state index contributed by atoms with van der Waals surface area (Å²) < 4.78 is 7.43. The molecule has 1 N–H and O–H groups in total. The molecule has 3 rings (SSSR count). The molecule has 2 heterocycles. The average molecular weight is 281 g/mol. The number of furan rings is 1. The average Bonchev–Trinajstić information content (AvgIpc) is 3.11. The van der Waals surface area contributed by atoms with Crippen LogP contribution in [0.25, 0.3) is 0 Å². The molecule has 21 heavy (non-hydrogen) atoms. The molecule has 108 valence electrons. The molecule has 1 atom stereocenters. The minimum atomic E-state index is 0.0424. The maximum Gasteiger partial charge on any atom is 0.125 e. The van der Waals surface area contributed by atoms with Crippen molar-refractivity contribution in [3.8, 4) is 0 Å². The van der Waals surface area contributed by atoms with Gasteiger partial charge in [0.15, 0.2) is 0 Å². The third kappa shape index (κ3) is 3.06. The molecule has 0 fully saturated rings. The molecule has 1 unspecified atom stereocenters. The second-order valence-corrected chi connectivity index (χ2v) is 5.15. The van der Waals surface area contributed by atoms with E-state index >= 15 is 0 Å². The zero-order valence-electron chi connectivity index (χ0n) is 12.3. The molecule has 4 heteroatoms. The Labute approximate surface area is 124 Å². The number of rotatable bonds is 5. The minimum Gasteiger partial charge on any atom is -0.467 e. The van der Waals surface area contributed by atoms with Gasteiger partial charge in [-0.05, 0) is 24.6 Å². The topological polar surface area (TPSA) is 43.0 Å². The van der Waals surface area contributed by atoms with E-state index in [1.807, 2.05) is 55.2 Å². The summed E-state index contributed by atoms with van der Waals surface area (Å²) in [6.07, 6.45) is 3.76. The highest BCUT2D eigenvalue weighted by Crippen LogP contribution is 2.23. The van der Waals surface area contributed by atoms with Gasteiger partial charge in [-0.15, -0.1) is 0 Å². The zero-order valence-corrected chi connectivity index (χ0v) is 12.3. The first-order chi connectivity index (χ1) is 10.2. The third-order valence-corrected chi connectivity index (χ3v) is 3.57. The van der Waals surface area contributed by atoms with Gasteiger partial charge in [0.1, 0.15) is 5.76 Å². The Kier molecular flexibility index (Phi) is 3.88. The maximum absolute atomic E-state index is 5.59. The van der Waals surface area contributed by atoms with Crippen LogP contribution in [-0.2, 0) is 13.6 Å². The van der Waals surface area contributed by atoms with Gasteiger partial charge in [-0.1, -0.05) is 30.3 Å². The van der Waals surface area contributed by atoms with Crippen molar-refractivity contribution in [3.63, 3.8) is 0 Å². The first-order valence-corrected chi connectivity index (χ1v) is 7.05. The van der Waals surface area contributed by atoms with E-state index in [2.05, 4.69) is 22.5 Å². The van der Waals surface area contributed by atoms with Crippen LogP contribution >= 0.6 is 0 Å². The van der Waals surface area contributed by atoms with Crippen molar-refractivity contribution in [3.05, 3.63) is 77.5 Å². The second-order valence-electron chi connectivity index (χ2n) is 5.15. The Morgan fingerprint density at radius 3 is 2.62 bits per heavy atom. The largest absolute Gasteiger partial charge is 0.467 e. The van der Waals surface area contributed by atoms with E-state index in [1.165, 1.54) is 11.1 Å². The van der Waals surface area contributed by atoms with Gasteiger partial charge in [0.05, 0.1) is 18.0 Å². The van der Waals surface area contributed by atoms with Gasteiger partial charge < -0.3 is 4.42 Å². The van der Waals surface area contributed by atoms with Crippen molar-refractivity contribution in [1.29, 1.82) is 0 Å². The van der Waals surface area contributed by atoms with Gasteiger partial charge >= 0.3 is 0 Å². The SMILES string of the molecule is Cc1nn(C)cc1CNC(c1ccccc1)c1ccco1. The first kappa shape index (κ1) is 13.6. The molecule has 1 aromatic carbocycles. The molecule has 0 bridgehead atoms. The highest BCUT2D eigenvalue weighted by Gasteiger charge is 2.16. The Bertz CT molecular complexity index is 686. The van der Waals surface area contributed by atoms with Crippen LogP contribution in [0.15, 0.2) is 59.3 Å². The van der Waals surface area contributed by atoms with E-state index in [1.54, 1.807) is 6.26 Å². The van der Waals surface area contributed by atoms with Crippen molar-refractivity contribution < 1.29 is 4.42 Å². The lowest BCUT2D eigenvalue weighted by molar-refractivity contribution is 0.445. The summed E-state index contributed by atoms with van der Waals surface area (Å²) in [4.78, 5) is 0. The van der Waals surface area contributed by atoms with Crippen molar-refractivity contribution in [2.24, 2.45) is 7.05 Å². The minimum absolute atomic E-state index is 0.0424. The standard InChI is InChI=1S/C17H19N3O/c1-13-15(12-20(2)19-13)11-18-17(16-9-6-10-21-16)14-7-4-3-5-8-14/h3-10,12,17-18H,11H2,1-2H3. The van der Waals surface area contributed by atoms with Crippen LogP contribution in [0.4, 0.5) is 0 Å². The Hall–Kier alpha value is -2.33. The van der Waals surface area contributed by atoms with Gasteiger partial charge in [-0.3, -0.25) is 10.00 Å². The van der Waals surface area contributed by atoms with Gasteiger partial charge in [-0.2, -0.15) is 5.10 Å². The highest BCUT2D eigenvalue weighted by molar-refractivity contribution is 5.27. The van der Waals surface area contributed by atoms with Crippen molar-refractivity contribution >= 4 is 0 Å². The number of nitrogens with one attached hydrogen (secondary N) is 1. The summed E-state index contributed by atoms with van der Waals surface area (Å²) in [5.41, 5.74) is 3.44.